The number of phenolic OH excluding ortho intramolecular Hbond substituents is 1. The van der Waals surface area contributed by atoms with Gasteiger partial charge in [0.25, 0.3) is 5.91 Å². The minimum atomic E-state index is -0.0585. The number of benzene rings is 2. The topological polar surface area (TPSA) is 40.5 Å². The van der Waals surface area contributed by atoms with Crippen LogP contribution in [0.2, 0.25) is 0 Å². The smallest absolute Gasteiger partial charge is 0.258 e. The van der Waals surface area contributed by atoms with Crippen molar-refractivity contribution in [2.45, 2.75) is 13.8 Å². The van der Waals surface area contributed by atoms with Gasteiger partial charge in [0.15, 0.2) is 0 Å². The molecular weight excluding hydrogens is 238 g/mol. The van der Waals surface area contributed by atoms with Crippen LogP contribution in [0.25, 0.3) is 0 Å². The minimum Gasteiger partial charge on any atom is -0.508 e. The van der Waals surface area contributed by atoms with Crippen molar-refractivity contribution in [3.05, 3.63) is 59.7 Å². The Bertz CT molecular complexity index is 579. The molecule has 0 aromatic heterocycles. The zero-order valence-corrected chi connectivity index (χ0v) is 11.1. The highest BCUT2D eigenvalue weighted by Crippen LogP contribution is 2.21. The summed E-state index contributed by atoms with van der Waals surface area (Å²) in [5.41, 5.74) is 2.16. The molecule has 1 amide bonds. The van der Waals surface area contributed by atoms with Gasteiger partial charge in [0.2, 0.25) is 0 Å². The summed E-state index contributed by atoms with van der Waals surface area (Å²) >= 11 is 0. The fraction of sp³-hybridized carbons (Fsp3) is 0.188. The second kappa shape index (κ2) is 5.57. The standard InChI is InChI=1S/C16H17NO2/c1-3-17(14-7-5-4-6-8-14)16(19)13-9-10-15(18)12(2)11-13/h4-11,18H,3H2,1-2H3. The molecule has 3 heteroatoms. The van der Waals surface area contributed by atoms with E-state index in [0.717, 1.165) is 5.69 Å². The second-order valence-electron chi connectivity index (χ2n) is 4.39. The lowest BCUT2D eigenvalue weighted by Crippen LogP contribution is -2.30. The van der Waals surface area contributed by atoms with Crippen LogP contribution in [0.4, 0.5) is 5.69 Å². The Morgan fingerprint density at radius 1 is 1.16 bits per heavy atom. The molecule has 2 aromatic carbocycles. The Labute approximate surface area is 113 Å². The fourth-order valence-corrected chi connectivity index (χ4v) is 2.00. The molecule has 98 valence electrons. The molecule has 1 N–H and O–H groups in total. The molecule has 0 unspecified atom stereocenters. The molecule has 2 rings (SSSR count). The minimum absolute atomic E-state index is 0.0585. The summed E-state index contributed by atoms with van der Waals surface area (Å²) in [5, 5.41) is 9.51. The molecule has 19 heavy (non-hydrogen) atoms. The number of carbonyl (C=O) groups is 1. The van der Waals surface area contributed by atoms with Crippen molar-refractivity contribution in [1.29, 1.82) is 0 Å². The maximum atomic E-state index is 12.5. The van der Waals surface area contributed by atoms with E-state index in [2.05, 4.69) is 0 Å². The summed E-state index contributed by atoms with van der Waals surface area (Å²) in [4.78, 5) is 14.2. The highest BCUT2D eigenvalue weighted by atomic mass is 16.3. The SMILES string of the molecule is CCN(C(=O)c1ccc(O)c(C)c1)c1ccccc1. The van der Waals surface area contributed by atoms with E-state index in [1.165, 1.54) is 0 Å². The van der Waals surface area contributed by atoms with Crippen molar-refractivity contribution in [2.75, 3.05) is 11.4 Å². The van der Waals surface area contributed by atoms with Crippen LogP contribution in [0.3, 0.4) is 0 Å². The third-order valence-electron chi connectivity index (χ3n) is 3.07. The van der Waals surface area contributed by atoms with Crippen molar-refractivity contribution < 1.29 is 9.90 Å². The van der Waals surface area contributed by atoms with Crippen molar-refractivity contribution in [3.8, 4) is 5.75 Å². The van der Waals surface area contributed by atoms with Crippen LogP contribution in [0.15, 0.2) is 48.5 Å². The van der Waals surface area contributed by atoms with Crippen molar-refractivity contribution in [1.82, 2.24) is 0 Å². The summed E-state index contributed by atoms with van der Waals surface area (Å²) in [5.74, 6) is 0.149. The van der Waals surface area contributed by atoms with E-state index in [-0.39, 0.29) is 11.7 Å². The molecule has 0 radical (unpaired) electrons. The predicted octanol–water partition coefficient (Wildman–Crippen LogP) is 3.37. The Kier molecular flexibility index (Phi) is 3.85. The molecule has 0 atom stereocenters. The first kappa shape index (κ1) is 13.1. The lowest BCUT2D eigenvalue weighted by molar-refractivity contribution is 0.0988. The number of rotatable bonds is 3. The van der Waals surface area contributed by atoms with Gasteiger partial charge in [-0.1, -0.05) is 18.2 Å². The number of para-hydroxylation sites is 1. The summed E-state index contributed by atoms with van der Waals surface area (Å²) in [6, 6.07) is 14.5. The van der Waals surface area contributed by atoms with Crippen LogP contribution < -0.4 is 4.90 Å². The van der Waals surface area contributed by atoms with Crippen LogP contribution in [0.1, 0.15) is 22.8 Å². The molecular formula is C16H17NO2. The van der Waals surface area contributed by atoms with E-state index in [9.17, 15) is 9.90 Å². The normalized spacial score (nSPS) is 10.2. The maximum absolute atomic E-state index is 12.5. The van der Waals surface area contributed by atoms with Crippen LogP contribution in [-0.4, -0.2) is 17.6 Å². The molecule has 0 aliphatic carbocycles. The first-order valence-electron chi connectivity index (χ1n) is 6.30. The molecule has 0 fully saturated rings. The quantitative estimate of drug-likeness (QED) is 0.913. The molecule has 0 spiro atoms. The van der Waals surface area contributed by atoms with E-state index in [1.807, 2.05) is 37.3 Å². The molecule has 0 bridgehead atoms. The average molecular weight is 255 g/mol. The van der Waals surface area contributed by atoms with E-state index in [0.29, 0.717) is 17.7 Å². The number of aryl methyl sites for hydroxylation is 1. The monoisotopic (exact) mass is 255 g/mol. The molecule has 2 aromatic rings. The lowest BCUT2D eigenvalue weighted by atomic mass is 10.1. The summed E-state index contributed by atoms with van der Waals surface area (Å²) < 4.78 is 0. The largest absolute Gasteiger partial charge is 0.508 e. The molecule has 0 saturated heterocycles. The second-order valence-corrected chi connectivity index (χ2v) is 4.39. The molecule has 3 nitrogen and oxygen atoms in total. The van der Waals surface area contributed by atoms with E-state index in [1.54, 1.807) is 30.0 Å². The Morgan fingerprint density at radius 3 is 2.42 bits per heavy atom. The van der Waals surface area contributed by atoms with Gasteiger partial charge in [-0.2, -0.15) is 0 Å². The zero-order chi connectivity index (χ0) is 13.8. The third-order valence-corrected chi connectivity index (χ3v) is 3.07. The van der Waals surface area contributed by atoms with Crippen molar-refractivity contribution in [2.24, 2.45) is 0 Å². The summed E-state index contributed by atoms with van der Waals surface area (Å²) in [7, 11) is 0. The van der Waals surface area contributed by atoms with Crippen LogP contribution in [-0.2, 0) is 0 Å². The highest BCUT2D eigenvalue weighted by Gasteiger charge is 2.16. The predicted molar refractivity (Wildman–Crippen MR) is 76.6 cm³/mol. The van der Waals surface area contributed by atoms with Crippen molar-refractivity contribution >= 4 is 11.6 Å². The third kappa shape index (κ3) is 2.76. The van der Waals surface area contributed by atoms with E-state index >= 15 is 0 Å². The highest BCUT2D eigenvalue weighted by molar-refractivity contribution is 6.06. The van der Waals surface area contributed by atoms with Gasteiger partial charge in [0.05, 0.1) is 0 Å². The average Bonchev–Trinajstić information content (AvgIpc) is 2.44. The number of anilines is 1. The van der Waals surface area contributed by atoms with Gasteiger partial charge >= 0.3 is 0 Å². The first-order valence-corrected chi connectivity index (χ1v) is 6.30. The zero-order valence-electron chi connectivity index (χ0n) is 11.1. The molecule has 0 saturated carbocycles. The van der Waals surface area contributed by atoms with Gasteiger partial charge in [-0.3, -0.25) is 4.79 Å². The Balaban J connectivity index is 2.33. The Hall–Kier alpha value is -2.29. The molecule has 0 aliphatic rings. The van der Waals surface area contributed by atoms with Gasteiger partial charge in [-0.15, -0.1) is 0 Å². The fourth-order valence-electron chi connectivity index (χ4n) is 2.00. The van der Waals surface area contributed by atoms with Crippen molar-refractivity contribution in [3.63, 3.8) is 0 Å². The number of amides is 1. The Morgan fingerprint density at radius 2 is 1.84 bits per heavy atom. The van der Waals surface area contributed by atoms with Gasteiger partial charge in [-0.05, 0) is 49.7 Å². The number of nitrogens with zero attached hydrogens (tertiary/aromatic N) is 1. The van der Waals surface area contributed by atoms with E-state index in [4.69, 9.17) is 0 Å². The van der Waals surface area contributed by atoms with E-state index < -0.39 is 0 Å². The number of hydrogen-bond donors (Lipinski definition) is 1. The van der Waals surface area contributed by atoms with Crippen LogP contribution >= 0.6 is 0 Å². The number of aromatic hydroxyl groups is 1. The number of carbonyl (C=O) groups excluding carboxylic acids is 1. The summed E-state index contributed by atoms with van der Waals surface area (Å²) in [6.07, 6.45) is 0. The number of phenols is 1. The molecule has 0 heterocycles. The maximum Gasteiger partial charge on any atom is 0.258 e. The summed E-state index contributed by atoms with van der Waals surface area (Å²) in [6.45, 7) is 4.33. The number of hydrogen-bond acceptors (Lipinski definition) is 2. The van der Waals surface area contributed by atoms with Gasteiger partial charge in [0, 0.05) is 17.8 Å². The van der Waals surface area contributed by atoms with Crippen LogP contribution in [0.5, 0.6) is 5.75 Å². The first-order chi connectivity index (χ1) is 9.13. The van der Waals surface area contributed by atoms with Gasteiger partial charge < -0.3 is 10.0 Å². The van der Waals surface area contributed by atoms with Crippen LogP contribution in [0, 0.1) is 6.92 Å². The van der Waals surface area contributed by atoms with Gasteiger partial charge in [0.1, 0.15) is 5.75 Å². The molecule has 0 aliphatic heterocycles. The lowest BCUT2D eigenvalue weighted by Gasteiger charge is -2.21. The van der Waals surface area contributed by atoms with Gasteiger partial charge in [-0.25, -0.2) is 0 Å².